The fourth-order valence-corrected chi connectivity index (χ4v) is 2.97. The summed E-state index contributed by atoms with van der Waals surface area (Å²) in [4.78, 5) is 12.1. The van der Waals surface area contributed by atoms with Gasteiger partial charge in [0.05, 0.1) is 11.2 Å². The molecule has 0 spiro atoms. The number of aryl methyl sites for hydroxylation is 1. The maximum absolute atomic E-state index is 12.1. The molecule has 0 saturated heterocycles. The highest BCUT2D eigenvalue weighted by molar-refractivity contribution is 5.36. The van der Waals surface area contributed by atoms with Crippen LogP contribution in [0, 0.1) is 6.92 Å². The van der Waals surface area contributed by atoms with E-state index in [9.17, 15) is 4.79 Å². The highest BCUT2D eigenvalue weighted by atomic mass is 16.1. The monoisotopic (exact) mass is 272 g/mol. The van der Waals surface area contributed by atoms with E-state index in [0.717, 1.165) is 36.9 Å². The Bertz CT molecular complexity index is 647. The van der Waals surface area contributed by atoms with E-state index in [1.807, 2.05) is 31.2 Å². The van der Waals surface area contributed by atoms with Gasteiger partial charge in [0.15, 0.2) is 5.82 Å². The molecular weight excluding hydrogens is 252 g/mol. The van der Waals surface area contributed by atoms with Gasteiger partial charge < -0.3 is 5.73 Å². The summed E-state index contributed by atoms with van der Waals surface area (Å²) in [5.41, 5.74) is 7.78. The molecule has 0 aliphatic heterocycles. The highest BCUT2D eigenvalue weighted by Gasteiger charge is 2.35. The second-order valence-electron chi connectivity index (χ2n) is 5.74. The van der Waals surface area contributed by atoms with Crippen molar-refractivity contribution < 1.29 is 0 Å². The van der Waals surface area contributed by atoms with Gasteiger partial charge in [0.25, 0.3) is 0 Å². The van der Waals surface area contributed by atoms with E-state index in [4.69, 9.17) is 5.73 Å². The zero-order valence-corrected chi connectivity index (χ0v) is 11.7. The molecular formula is C15H20N4O. The summed E-state index contributed by atoms with van der Waals surface area (Å²) in [6.07, 6.45) is 5.14. The number of nitrogens with two attached hydrogens (primary N) is 1. The van der Waals surface area contributed by atoms with Gasteiger partial charge in [-0.25, -0.2) is 14.5 Å². The van der Waals surface area contributed by atoms with Crippen LogP contribution in [-0.4, -0.2) is 14.8 Å². The Balaban J connectivity index is 2.10. The predicted molar refractivity (Wildman–Crippen MR) is 77.9 cm³/mol. The third kappa shape index (κ3) is 2.18. The number of aromatic amines is 1. The minimum absolute atomic E-state index is 0.223. The Labute approximate surface area is 117 Å². The van der Waals surface area contributed by atoms with Crippen LogP contribution >= 0.6 is 0 Å². The number of benzene rings is 1. The molecule has 5 heteroatoms. The molecule has 5 nitrogen and oxygen atoms in total. The molecule has 1 saturated carbocycles. The molecule has 1 aromatic heterocycles. The molecule has 106 valence electrons. The van der Waals surface area contributed by atoms with E-state index in [0.29, 0.717) is 5.82 Å². The van der Waals surface area contributed by atoms with E-state index >= 15 is 0 Å². The standard InChI is InChI=1S/C15H20N4O/c1-11-5-7-12(8-6-11)19-13(17-18-14(19)20)15(16)9-3-2-4-10-15/h5-8H,2-4,9-10,16H2,1H3,(H,18,20). The van der Waals surface area contributed by atoms with Crippen molar-refractivity contribution in [3.8, 4) is 5.69 Å². The molecule has 20 heavy (non-hydrogen) atoms. The van der Waals surface area contributed by atoms with Crippen LogP contribution in [0.5, 0.6) is 0 Å². The lowest BCUT2D eigenvalue weighted by atomic mass is 9.82. The molecule has 0 amide bonds. The van der Waals surface area contributed by atoms with E-state index in [1.54, 1.807) is 4.57 Å². The Morgan fingerprint density at radius 3 is 2.50 bits per heavy atom. The minimum Gasteiger partial charge on any atom is -0.319 e. The van der Waals surface area contributed by atoms with Gasteiger partial charge in [-0.3, -0.25) is 0 Å². The van der Waals surface area contributed by atoms with Crippen molar-refractivity contribution in [2.75, 3.05) is 0 Å². The van der Waals surface area contributed by atoms with Crippen molar-refractivity contribution in [2.24, 2.45) is 5.73 Å². The summed E-state index contributed by atoms with van der Waals surface area (Å²) < 4.78 is 1.62. The molecule has 0 atom stereocenters. The van der Waals surface area contributed by atoms with Crippen LogP contribution in [0.2, 0.25) is 0 Å². The lowest BCUT2D eigenvalue weighted by Crippen LogP contribution is -2.42. The van der Waals surface area contributed by atoms with Gasteiger partial charge in [-0.2, -0.15) is 5.10 Å². The number of nitrogens with one attached hydrogen (secondary N) is 1. The number of aromatic nitrogens is 3. The normalized spacial score (nSPS) is 18.1. The Hall–Kier alpha value is -1.88. The first-order valence-electron chi connectivity index (χ1n) is 7.14. The Morgan fingerprint density at radius 2 is 1.85 bits per heavy atom. The van der Waals surface area contributed by atoms with E-state index in [2.05, 4.69) is 10.2 Å². The van der Waals surface area contributed by atoms with Crippen LogP contribution in [0.4, 0.5) is 0 Å². The van der Waals surface area contributed by atoms with Gasteiger partial charge >= 0.3 is 5.69 Å². The van der Waals surface area contributed by atoms with Crippen molar-refractivity contribution in [3.05, 3.63) is 46.1 Å². The summed E-state index contributed by atoms with van der Waals surface area (Å²) in [7, 11) is 0. The Kier molecular flexibility index (Phi) is 3.22. The van der Waals surface area contributed by atoms with Crippen LogP contribution < -0.4 is 11.4 Å². The first kappa shape index (κ1) is 13.1. The van der Waals surface area contributed by atoms with Crippen LogP contribution in [0.3, 0.4) is 0 Å². The molecule has 0 bridgehead atoms. The molecule has 3 rings (SSSR count). The van der Waals surface area contributed by atoms with Crippen LogP contribution in [-0.2, 0) is 5.54 Å². The van der Waals surface area contributed by atoms with Crippen molar-refractivity contribution in [1.82, 2.24) is 14.8 Å². The lowest BCUT2D eigenvalue weighted by molar-refractivity contribution is 0.283. The third-order valence-corrected chi connectivity index (χ3v) is 4.16. The SMILES string of the molecule is Cc1ccc(-n2c(C3(N)CCCCC3)n[nH]c2=O)cc1. The molecule has 0 radical (unpaired) electrons. The van der Waals surface area contributed by atoms with Gasteiger partial charge in [0, 0.05) is 0 Å². The number of H-pyrrole nitrogens is 1. The number of hydrogen-bond acceptors (Lipinski definition) is 3. The first-order valence-corrected chi connectivity index (χ1v) is 7.14. The van der Waals surface area contributed by atoms with Crippen LogP contribution in [0.15, 0.2) is 29.1 Å². The zero-order chi connectivity index (χ0) is 14.2. The van der Waals surface area contributed by atoms with Gasteiger partial charge in [-0.15, -0.1) is 0 Å². The van der Waals surface area contributed by atoms with Gasteiger partial charge in [-0.05, 0) is 31.9 Å². The molecule has 1 fully saturated rings. The maximum atomic E-state index is 12.1. The summed E-state index contributed by atoms with van der Waals surface area (Å²) in [6.45, 7) is 2.02. The second kappa shape index (κ2) is 4.90. The molecule has 1 aliphatic carbocycles. The average molecular weight is 272 g/mol. The molecule has 2 aromatic rings. The quantitative estimate of drug-likeness (QED) is 0.877. The van der Waals surface area contributed by atoms with Crippen molar-refractivity contribution in [2.45, 2.75) is 44.6 Å². The average Bonchev–Trinajstić information content (AvgIpc) is 2.83. The fraction of sp³-hybridized carbons (Fsp3) is 0.467. The van der Waals surface area contributed by atoms with Crippen molar-refractivity contribution in [1.29, 1.82) is 0 Å². The summed E-state index contributed by atoms with van der Waals surface area (Å²) in [5.74, 6) is 0.658. The predicted octanol–water partition coefficient (Wildman–Crippen LogP) is 1.99. The first-order chi connectivity index (χ1) is 9.60. The summed E-state index contributed by atoms with van der Waals surface area (Å²) in [5, 5.41) is 6.76. The molecule has 1 aromatic carbocycles. The highest BCUT2D eigenvalue weighted by Crippen LogP contribution is 2.33. The summed E-state index contributed by atoms with van der Waals surface area (Å²) >= 11 is 0. The van der Waals surface area contributed by atoms with Gasteiger partial charge in [-0.1, -0.05) is 37.0 Å². The van der Waals surface area contributed by atoms with Crippen LogP contribution in [0.1, 0.15) is 43.5 Å². The lowest BCUT2D eigenvalue weighted by Gasteiger charge is -2.32. The van der Waals surface area contributed by atoms with Crippen LogP contribution in [0.25, 0.3) is 5.69 Å². The Morgan fingerprint density at radius 1 is 1.20 bits per heavy atom. The third-order valence-electron chi connectivity index (χ3n) is 4.16. The number of rotatable bonds is 2. The number of hydrogen-bond donors (Lipinski definition) is 2. The minimum atomic E-state index is -0.498. The fourth-order valence-electron chi connectivity index (χ4n) is 2.97. The second-order valence-corrected chi connectivity index (χ2v) is 5.74. The molecule has 1 aliphatic rings. The maximum Gasteiger partial charge on any atom is 0.347 e. The molecule has 1 heterocycles. The van der Waals surface area contributed by atoms with E-state index < -0.39 is 5.54 Å². The van der Waals surface area contributed by atoms with Gasteiger partial charge in [0.2, 0.25) is 0 Å². The summed E-state index contributed by atoms with van der Waals surface area (Å²) in [6, 6.07) is 7.84. The smallest absolute Gasteiger partial charge is 0.319 e. The largest absolute Gasteiger partial charge is 0.347 e. The van der Waals surface area contributed by atoms with Crippen molar-refractivity contribution >= 4 is 0 Å². The van der Waals surface area contributed by atoms with E-state index in [1.165, 1.54) is 6.42 Å². The van der Waals surface area contributed by atoms with Crippen molar-refractivity contribution in [3.63, 3.8) is 0 Å². The zero-order valence-electron chi connectivity index (χ0n) is 11.7. The van der Waals surface area contributed by atoms with E-state index in [-0.39, 0.29) is 5.69 Å². The molecule has 0 unspecified atom stereocenters. The van der Waals surface area contributed by atoms with Gasteiger partial charge in [0.1, 0.15) is 0 Å². The number of nitrogens with zero attached hydrogens (tertiary/aromatic N) is 2. The topological polar surface area (TPSA) is 76.7 Å². The molecule has 3 N–H and O–H groups in total.